The molecule has 0 saturated carbocycles. The number of benzene rings is 1. The van der Waals surface area contributed by atoms with E-state index in [1.165, 1.54) is 6.20 Å². The molecule has 0 aliphatic heterocycles. The lowest BCUT2D eigenvalue weighted by Crippen LogP contribution is -1.92. The Kier molecular flexibility index (Phi) is 2.91. The fourth-order valence-corrected chi connectivity index (χ4v) is 1.34. The standard InChI is InChI=1S/C12H10N2O2/c1-16-11-4-2-9(3-5-11)12-7-13-6-10(8-15)14-12/h2-8H,1H3. The van der Waals surface area contributed by atoms with Crippen LogP contribution in [0.5, 0.6) is 5.75 Å². The van der Waals surface area contributed by atoms with Gasteiger partial charge in [-0.3, -0.25) is 9.78 Å². The second-order valence-electron chi connectivity index (χ2n) is 3.18. The van der Waals surface area contributed by atoms with Crippen LogP contribution < -0.4 is 4.74 Å². The fraction of sp³-hybridized carbons (Fsp3) is 0.0833. The monoisotopic (exact) mass is 214 g/mol. The molecule has 1 heterocycles. The molecule has 0 aliphatic carbocycles. The molecule has 0 atom stereocenters. The maximum Gasteiger partial charge on any atom is 0.170 e. The summed E-state index contributed by atoms with van der Waals surface area (Å²) in [6.07, 6.45) is 3.73. The number of nitrogens with zero attached hydrogens (tertiary/aromatic N) is 2. The molecule has 0 N–H and O–H groups in total. The summed E-state index contributed by atoms with van der Waals surface area (Å²) >= 11 is 0. The van der Waals surface area contributed by atoms with Crippen molar-refractivity contribution in [2.45, 2.75) is 0 Å². The van der Waals surface area contributed by atoms with E-state index in [4.69, 9.17) is 4.74 Å². The van der Waals surface area contributed by atoms with Gasteiger partial charge in [-0.25, -0.2) is 4.98 Å². The van der Waals surface area contributed by atoms with Gasteiger partial charge in [-0.05, 0) is 24.3 Å². The van der Waals surface area contributed by atoms with Crippen molar-refractivity contribution in [3.05, 3.63) is 42.4 Å². The fourth-order valence-electron chi connectivity index (χ4n) is 1.34. The second-order valence-corrected chi connectivity index (χ2v) is 3.18. The van der Waals surface area contributed by atoms with E-state index in [1.807, 2.05) is 24.3 Å². The van der Waals surface area contributed by atoms with Gasteiger partial charge in [-0.1, -0.05) is 0 Å². The Labute approximate surface area is 92.9 Å². The van der Waals surface area contributed by atoms with Crippen molar-refractivity contribution < 1.29 is 9.53 Å². The maximum atomic E-state index is 10.6. The van der Waals surface area contributed by atoms with Crippen molar-refractivity contribution in [2.75, 3.05) is 7.11 Å². The number of aromatic nitrogens is 2. The van der Waals surface area contributed by atoms with Crippen molar-refractivity contribution >= 4 is 6.29 Å². The predicted molar refractivity (Wildman–Crippen MR) is 59.4 cm³/mol. The van der Waals surface area contributed by atoms with E-state index >= 15 is 0 Å². The first-order chi connectivity index (χ1) is 7.83. The SMILES string of the molecule is COc1ccc(-c2cncc(C=O)n2)cc1. The van der Waals surface area contributed by atoms with Crippen LogP contribution in [0.2, 0.25) is 0 Å². The van der Waals surface area contributed by atoms with Crippen molar-refractivity contribution in [1.29, 1.82) is 0 Å². The van der Waals surface area contributed by atoms with E-state index in [-0.39, 0.29) is 0 Å². The molecule has 4 heteroatoms. The number of methoxy groups -OCH3 is 1. The summed E-state index contributed by atoms with van der Waals surface area (Å²) in [5.41, 5.74) is 1.90. The van der Waals surface area contributed by atoms with Gasteiger partial charge in [-0.2, -0.15) is 0 Å². The van der Waals surface area contributed by atoms with E-state index in [1.54, 1.807) is 13.3 Å². The molecule has 0 amide bonds. The molecule has 4 nitrogen and oxygen atoms in total. The molecule has 0 bridgehead atoms. The molecule has 1 aromatic heterocycles. The van der Waals surface area contributed by atoms with Gasteiger partial charge in [0.05, 0.1) is 25.2 Å². The minimum absolute atomic E-state index is 0.327. The molecule has 0 unspecified atom stereocenters. The zero-order valence-electron chi connectivity index (χ0n) is 8.75. The van der Waals surface area contributed by atoms with Crippen molar-refractivity contribution in [2.24, 2.45) is 0 Å². The van der Waals surface area contributed by atoms with Gasteiger partial charge in [0.25, 0.3) is 0 Å². The Morgan fingerprint density at radius 2 is 1.94 bits per heavy atom. The molecule has 2 rings (SSSR count). The summed E-state index contributed by atoms with van der Waals surface area (Å²) in [5.74, 6) is 0.781. The first-order valence-electron chi connectivity index (χ1n) is 4.75. The van der Waals surface area contributed by atoms with Crippen LogP contribution in [0.15, 0.2) is 36.7 Å². The summed E-state index contributed by atoms with van der Waals surface area (Å²) in [7, 11) is 1.61. The lowest BCUT2D eigenvalue weighted by atomic mass is 10.1. The highest BCUT2D eigenvalue weighted by Gasteiger charge is 2.01. The summed E-state index contributed by atoms with van der Waals surface area (Å²) in [5, 5.41) is 0. The Hall–Kier alpha value is -2.23. The van der Waals surface area contributed by atoms with Crippen LogP contribution >= 0.6 is 0 Å². The molecule has 2 aromatic rings. The largest absolute Gasteiger partial charge is 0.497 e. The highest BCUT2D eigenvalue weighted by molar-refractivity contribution is 5.72. The summed E-state index contributed by atoms with van der Waals surface area (Å²) in [4.78, 5) is 18.7. The number of hydrogen-bond acceptors (Lipinski definition) is 4. The van der Waals surface area contributed by atoms with Crippen LogP contribution in [0.1, 0.15) is 10.5 Å². The number of aldehydes is 1. The normalized spacial score (nSPS) is 9.81. The minimum Gasteiger partial charge on any atom is -0.497 e. The molecule has 16 heavy (non-hydrogen) atoms. The maximum absolute atomic E-state index is 10.6. The van der Waals surface area contributed by atoms with Gasteiger partial charge in [0.1, 0.15) is 11.4 Å². The van der Waals surface area contributed by atoms with Crippen LogP contribution in [0.3, 0.4) is 0 Å². The van der Waals surface area contributed by atoms with Crippen LogP contribution in [-0.2, 0) is 0 Å². The average Bonchev–Trinajstić information content (AvgIpc) is 2.39. The van der Waals surface area contributed by atoms with Gasteiger partial charge < -0.3 is 4.74 Å². The first-order valence-corrected chi connectivity index (χ1v) is 4.75. The number of rotatable bonds is 3. The zero-order chi connectivity index (χ0) is 11.4. The van der Waals surface area contributed by atoms with Crippen molar-refractivity contribution in [1.82, 2.24) is 9.97 Å². The van der Waals surface area contributed by atoms with E-state index < -0.39 is 0 Å². The highest BCUT2D eigenvalue weighted by atomic mass is 16.5. The van der Waals surface area contributed by atoms with Gasteiger partial charge in [0.2, 0.25) is 0 Å². The minimum atomic E-state index is 0.327. The van der Waals surface area contributed by atoms with Gasteiger partial charge >= 0.3 is 0 Å². The van der Waals surface area contributed by atoms with Crippen molar-refractivity contribution in [3.63, 3.8) is 0 Å². The molecule has 0 aliphatic rings. The summed E-state index contributed by atoms with van der Waals surface area (Å²) < 4.78 is 5.06. The number of ether oxygens (including phenoxy) is 1. The molecule has 0 radical (unpaired) electrons. The molecule has 0 fully saturated rings. The topological polar surface area (TPSA) is 52.1 Å². The van der Waals surface area contributed by atoms with E-state index in [9.17, 15) is 4.79 Å². The Balaban J connectivity index is 2.38. The molecular weight excluding hydrogens is 204 g/mol. The Morgan fingerprint density at radius 3 is 2.56 bits per heavy atom. The third-order valence-corrected chi connectivity index (χ3v) is 2.16. The quantitative estimate of drug-likeness (QED) is 0.733. The van der Waals surface area contributed by atoms with Gasteiger partial charge in [0, 0.05) is 5.56 Å². The zero-order valence-corrected chi connectivity index (χ0v) is 8.75. The summed E-state index contributed by atoms with van der Waals surface area (Å²) in [6, 6.07) is 7.42. The smallest absolute Gasteiger partial charge is 0.170 e. The van der Waals surface area contributed by atoms with E-state index in [2.05, 4.69) is 9.97 Å². The van der Waals surface area contributed by atoms with E-state index in [0.29, 0.717) is 17.7 Å². The van der Waals surface area contributed by atoms with Crippen LogP contribution in [-0.4, -0.2) is 23.4 Å². The summed E-state index contributed by atoms with van der Waals surface area (Å²) in [6.45, 7) is 0. The van der Waals surface area contributed by atoms with E-state index in [0.717, 1.165) is 11.3 Å². The number of hydrogen-bond donors (Lipinski definition) is 0. The molecular formula is C12H10N2O2. The Morgan fingerprint density at radius 1 is 1.19 bits per heavy atom. The molecule has 0 spiro atoms. The lowest BCUT2D eigenvalue weighted by molar-refractivity contribution is 0.111. The Bertz CT molecular complexity index is 495. The van der Waals surface area contributed by atoms with Crippen LogP contribution in [0.25, 0.3) is 11.3 Å². The lowest BCUT2D eigenvalue weighted by Gasteiger charge is -2.02. The average molecular weight is 214 g/mol. The molecule has 80 valence electrons. The molecule has 0 saturated heterocycles. The van der Waals surface area contributed by atoms with Crippen molar-refractivity contribution in [3.8, 4) is 17.0 Å². The third-order valence-electron chi connectivity index (χ3n) is 2.16. The first kappa shape index (κ1) is 10.3. The highest BCUT2D eigenvalue weighted by Crippen LogP contribution is 2.19. The second kappa shape index (κ2) is 4.53. The van der Waals surface area contributed by atoms with Gasteiger partial charge in [0.15, 0.2) is 6.29 Å². The van der Waals surface area contributed by atoms with Crippen LogP contribution in [0, 0.1) is 0 Å². The van der Waals surface area contributed by atoms with Gasteiger partial charge in [-0.15, -0.1) is 0 Å². The third kappa shape index (κ3) is 2.06. The predicted octanol–water partition coefficient (Wildman–Crippen LogP) is 1.96. The number of carbonyl (C=O) groups excluding carboxylic acids is 1. The van der Waals surface area contributed by atoms with Crippen LogP contribution in [0.4, 0.5) is 0 Å². The molecule has 1 aromatic carbocycles. The number of carbonyl (C=O) groups is 1.